The lowest BCUT2D eigenvalue weighted by Gasteiger charge is -2.06. The Labute approximate surface area is 75.5 Å². The van der Waals surface area contributed by atoms with Gasteiger partial charge in [0.25, 0.3) is 0 Å². The van der Waals surface area contributed by atoms with Crippen LogP contribution in [0, 0.1) is 0 Å². The Hall–Kier alpha value is -1.10. The maximum Gasteiger partial charge on any atom is 0.325 e. The minimum atomic E-state index is -1.04. The highest BCUT2D eigenvalue weighted by Gasteiger charge is 2.22. The molecule has 0 fully saturated rings. The number of hydrogen-bond donors (Lipinski definition) is 1. The molecular weight excluding hydrogens is 184 g/mol. The second kappa shape index (κ2) is 4.06. The van der Waals surface area contributed by atoms with Gasteiger partial charge in [-0.05, 0) is 6.92 Å². The number of rotatable bonds is 2. The zero-order valence-corrected chi connectivity index (χ0v) is 7.30. The van der Waals surface area contributed by atoms with Crippen molar-refractivity contribution in [1.29, 1.82) is 0 Å². The summed E-state index contributed by atoms with van der Waals surface area (Å²) >= 11 is 0. The van der Waals surface area contributed by atoms with E-state index < -0.39 is 5.97 Å². The summed E-state index contributed by atoms with van der Waals surface area (Å²) in [7, 11) is 0. The predicted octanol–water partition coefficient (Wildman–Crippen LogP) is 0.101. The van der Waals surface area contributed by atoms with Gasteiger partial charge in [0.1, 0.15) is 6.54 Å². The molecule has 1 aliphatic rings. The number of hydrogen-bond acceptors (Lipinski definition) is 3. The van der Waals surface area contributed by atoms with Crippen LogP contribution in [0.25, 0.3) is 0 Å². The van der Waals surface area contributed by atoms with Crippen molar-refractivity contribution in [1.82, 2.24) is 5.01 Å². The van der Waals surface area contributed by atoms with Gasteiger partial charge in [-0.2, -0.15) is 5.10 Å². The first-order valence-corrected chi connectivity index (χ1v) is 3.16. The van der Waals surface area contributed by atoms with E-state index in [9.17, 15) is 9.59 Å². The first-order valence-electron chi connectivity index (χ1n) is 3.16. The quantitative estimate of drug-likeness (QED) is 0.675. The molecule has 0 saturated carbocycles. The summed E-state index contributed by atoms with van der Waals surface area (Å²) in [5.74, 6) is -1.29. The number of nitrogens with zero attached hydrogens (tertiary/aromatic N) is 2. The Morgan fingerprint density at radius 2 is 2.33 bits per heavy atom. The Bertz CT molecular complexity index is 239. The molecule has 0 bridgehead atoms. The molecule has 0 atom stereocenters. The topological polar surface area (TPSA) is 70.0 Å². The van der Waals surface area contributed by atoms with Crippen LogP contribution in [0.15, 0.2) is 5.10 Å². The SMILES string of the molecule is CC1=NN(CC(=O)O)C(=O)C1.Cl. The summed E-state index contributed by atoms with van der Waals surface area (Å²) in [6, 6.07) is 0. The Morgan fingerprint density at radius 3 is 2.67 bits per heavy atom. The molecule has 12 heavy (non-hydrogen) atoms. The van der Waals surface area contributed by atoms with Crippen molar-refractivity contribution < 1.29 is 14.7 Å². The molecule has 1 aliphatic heterocycles. The highest BCUT2D eigenvalue weighted by atomic mass is 35.5. The van der Waals surface area contributed by atoms with Gasteiger partial charge in [0, 0.05) is 5.71 Å². The van der Waals surface area contributed by atoms with Crippen LogP contribution in [0.3, 0.4) is 0 Å². The summed E-state index contributed by atoms with van der Waals surface area (Å²) in [6.45, 7) is 1.36. The highest BCUT2D eigenvalue weighted by Crippen LogP contribution is 2.06. The number of halogens is 1. The van der Waals surface area contributed by atoms with E-state index in [1.807, 2.05) is 0 Å². The molecule has 0 aromatic rings. The third-order valence-corrected chi connectivity index (χ3v) is 1.27. The minimum absolute atomic E-state index is 0. The lowest BCUT2D eigenvalue weighted by molar-refractivity contribution is -0.143. The smallest absolute Gasteiger partial charge is 0.325 e. The molecule has 1 N–H and O–H groups in total. The molecule has 0 aromatic carbocycles. The van der Waals surface area contributed by atoms with E-state index in [-0.39, 0.29) is 31.3 Å². The molecule has 0 spiro atoms. The normalized spacial score (nSPS) is 15.6. The number of amides is 1. The number of carboxylic acids is 1. The summed E-state index contributed by atoms with van der Waals surface area (Å²) in [4.78, 5) is 21.0. The summed E-state index contributed by atoms with van der Waals surface area (Å²) in [5.41, 5.74) is 0.663. The number of carboxylic acid groups (broad SMARTS) is 1. The van der Waals surface area contributed by atoms with Gasteiger partial charge in [-0.25, -0.2) is 5.01 Å². The van der Waals surface area contributed by atoms with Crippen LogP contribution >= 0.6 is 12.4 Å². The fourth-order valence-electron chi connectivity index (χ4n) is 0.859. The van der Waals surface area contributed by atoms with Crippen molar-refractivity contribution in [3.63, 3.8) is 0 Å². The predicted molar refractivity (Wildman–Crippen MR) is 44.3 cm³/mol. The minimum Gasteiger partial charge on any atom is -0.480 e. The number of hydrazone groups is 1. The summed E-state index contributed by atoms with van der Waals surface area (Å²) < 4.78 is 0. The summed E-state index contributed by atoms with van der Waals surface area (Å²) in [5, 5.41) is 13.0. The van der Waals surface area contributed by atoms with E-state index >= 15 is 0 Å². The Kier molecular flexibility index (Phi) is 3.69. The lowest BCUT2D eigenvalue weighted by atomic mass is 10.3. The fraction of sp³-hybridized carbons (Fsp3) is 0.500. The van der Waals surface area contributed by atoms with Gasteiger partial charge >= 0.3 is 5.97 Å². The molecule has 0 aliphatic carbocycles. The van der Waals surface area contributed by atoms with Gasteiger partial charge < -0.3 is 5.11 Å². The van der Waals surface area contributed by atoms with Crippen molar-refractivity contribution in [3.8, 4) is 0 Å². The van der Waals surface area contributed by atoms with E-state index in [2.05, 4.69) is 5.10 Å². The Balaban J connectivity index is 0.00000121. The maximum atomic E-state index is 10.9. The molecule has 6 heteroatoms. The first kappa shape index (κ1) is 10.9. The molecule has 0 saturated heterocycles. The van der Waals surface area contributed by atoms with Crippen LogP contribution in [0.4, 0.5) is 0 Å². The van der Waals surface area contributed by atoms with E-state index in [1.165, 1.54) is 0 Å². The van der Waals surface area contributed by atoms with Crippen molar-refractivity contribution in [2.75, 3.05) is 6.54 Å². The van der Waals surface area contributed by atoms with Crippen LogP contribution in [-0.2, 0) is 9.59 Å². The van der Waals surface area contributed by atoms with Gasteiger partial charge in [-0.3, -0.25) is 9.59 Å². The average Bonchev–Trinajstić information content (AvgIpc) is 2.09. The second-order valence-electron chi connectivity index (χ2n) is 2.36. The molecule has 5 nitrogen and oxygen atoms in total. The molecule has 0 radical (unpaired) electrons. The van der Waals surface area contributed by atoms with Crippen LogP contribution in [0.5, 0.6) is 0 Å². The zero-order valence-electron chi connectivity index (χ0n) is 6.48. The molecular formula is C6H9ClN2O3. The number of carbonyl (C=O) groups excluding carboxylic acids is 1. The van der Waals surface area contributed by atoms with Gasteiger partial charge in [0.05, 0.1) is 6.42 Å². The van der Waals surface area contributed by atoms with Gasteiger partial charge in [0.15, 0.2) is 0 Å². The van der Waals surface area contributed by atoms with Crippen molar-refractivity contribution in [2.45, 2.75) is 13.3 Å². The average molecular weight is 193 g/mol. The monoisotopic (exact) mass is 192 g/mol. The van der Waals surface area contributed by atoms with Crippen molar-refractivity contribution >= 4 is 30.0 Å². The maximum absolute atomic E-state index is 10.9. The Morgan fingerprint density at radius 1 is 1.75 bits per heavy atom. The largest absolute Gasteiger partial charge is 0.480 e. The molecule has 0 unspecified atom stereocenters. The van der Waals surface area contributed by atoms with E-state index in [0.717, 1.165) is 5.01 Å². The van der Waals surface area contributed by atoms with Crippen LogP contribution in [-0.4, -0.2) is 34.2 Å². The van der Waals surface area contributed by atoms with E-state index in [0.29, 0.717) is 5.71 Å². The van der Waals surface area contributed by atoms with Gasteiger partial charge in [0.2, 0.25) is 5.91 Å². The van der Waals surface area contributed by atoms with Crippen LogP contribution < -0.4 is 0 Å². The first-order chi connectivity index (χ1) is 5.09. The second-order valence-corrected chi connectivity index (χ2v) is 2.36. The van der Waals surface area contributed by atoms with Gasteiger partial charge in [-0.15, -0.1) is 12.4 Å². The standard InChI is InChI=1S/C6H8N2O3.ClH/c1-4-2-5(9)8(7-4)3-6(10)11;/h2-3H2,1H3,(H,10,11);1H. The molecule has 68 valence electrons. The molecule has 1 amide bonds. The molecule has 1 rings (SSSR count). The third-order valence-electron chi connectivity index (χ3n) is 1.27. The zero-order chi connectivity index (χ0) is 8.43. The van der Waals surface area contributed by atoms with Gasteiger partial charge in [-0.1, -0.05) is 0 Å². The van der Waals surface area contributed by atoms with E-state index in [4.69, 9.17) is 5.11 Å². The third kappa shape index (κ3) is 2.50. The fourth-order valence-corrected chi connectivity index (χ4v) is 0.859. The molecule has 0 aromatic heterocycles. The number of aliphatic carboxylic acids is 1. The molecule has 1 heterocycles. The van der Waals surface area contributed by atoms with Crippen LogP contribution in [0.2, 0.25) is 0 Å². The lowest BCUT2D eigenvalue weighted by Crippen LogP contribution is -2.27. The van der Waals surface area contributed by atoms with Crippen LogP contribution in [0.1, 0.15) is 13.3 Å². The highest BCUT2D eigenvalue weighted by molar-refractivity contribution is 6.04. The van der Waals surface area contributed by atoms with E-state index in [1.54, 1.807) is 6.92 Å². The summed E-state index contributed by atoms with van der Waals surface area (Å²) in [6.07, 6.45) is 0.243. The van der Waals surface area contributed by atoms with Crippen molar-refractivity contribution in [2.24, 2.45) is 5.10 Å². The number of carbonyl (C=O) groups is 2. The van der Waals surface area contributed by atoms with Crippen molar-refractivity contribution in [3.05, 3.63) is 0 Å².